The van der Waals surface area contributed by atoms with Crippen LogP contribution < -0.4 is 0 Å². The highest BCUT2D eigenvalue weighted by Gasteiger charge is 2.22. The van der Waals surface area contributed by atoms with Crippen LogP contribution in [-0.4, -0.2) is 41.5 Å². The standard InChI is InChI=1S/C13H13N3O3S2/c1-16(8-12-9-20-10-15-12)21(18,19)13-5-11(3-2-4-17)6-14-7-13/h5-7,9-10,17H,4,8H2,1H3. The van der Waals surface area contributed by atoms with Gasteiger partial charge in [0, 0.05) is 30.4 Å². The first-order valence-electron chi connectivity index (χ1n) is 5.92. The molecule has 110 valence electrons. The van der Waals surface area contributed by atoms with Crippen molar-refractivity contribution in [2.75, 3.05) is 13.7 Å². The monoisotopic (exact) mass is 323 g/mol. The summed E-state index contributed by atoms with van der Waals surface area (Å²) < 4.78 is 26.1. The number of sulfonamides is 1. The van der Waals surface area contributed by atoms with E-state index in [2.05, 4.69) is 21.8 Å². The normalized spacial score (nSPS) is 11.2. The summed E-state index contributed by atoms with van der Waals surface area (Å²) in [6.07, 6.45) is 2.72. The Balaban J connectivity index is 2.26. The summed E-state index contributed by atoms with van der Waals surface area (Å²) in [4.78, 5) is 8.01. The van der Waals surface area contributed by atoms with Gasteiger partial charge in [-0.2, -0.15) is 4.31 Å². The van der Waals surface area contributed by atoms with Crippen LogP contribution in [0, 0.1) is 11.8 Å². The van der Waals surface area contributed by atoms with Crippen molar-refractivity contribution < 1.29 is 13.5 Å². The van der Waals surface area contributed by atoms with E-state index in [0.717, 1.165) is 0 Å². The van der Waals surface area contributed by atoms with Crippen LogP contribution >= 0.6 is 11.3 Å². The van der Waals surface area contributed by atoms with Gasteiger partial charge in [0.15, 0.2) is 0 Å². The number of hydrogen-bond acceptors (Lipinski definition) is 6. The molecular formula is C13H13N3O3S2. The third-order valence-corrected chi connectivity index (χ3v) is 5.01. The zero-order chi connectivity index (χ0) is 15.3. The molecule has 2 aromatic rings. The van der Waals surface area contributed by atoms with E-state index in [9.17, 15) is 8.42 Å². The van der Waals surface area contributed by atoms with Crippen LogP contribution in [-0.2, 0) is 16.6 Å². The third kappa shape index (κ3) is 3.86. The topological polar surface area (TPSA) is 83.4 Å². The first kappa shape index (κ1) is 15.6. The van der Waals surface area contributed by atoms with Crippen molar-refractivity contribution >= 4 is 21.4 Å². The van der Waals surface area contributed by atoms with Crippen molar-refractivity contribution in [2.24, 2.45) is 0 Å². The van der Waals surface area contributed by atoms with E-state index >= 15 is 0 Å². The molecule has 8 heteroatoms. The maximum Gasteiger partial charge on any atom is 0.244 e. The molecule has 0 saturated heterocycles. The maximum atomic E-state index is 12.4. The molecule has 1 N–H and O–H groups in total. The van der Waals surface area contributed by atoms with Gasteiger partial charge in [-0.05, 0) is 6.07 Å². The number of pyridine rings is 1. The van der Waals surface area contributed by atoms with Gasteiger partial charge < -0.3 is 5.11 Å². The molecule has 2 heterocycles. The fraction of sp³-hybridized carbons (Fsp3) is 0.231. The minimum Gasteiger partial charge on any atom is -0.384 e. The molecule has 0 bridgehead atoms. The predicted octanol–water partition coefficient (Wildman–Crippen LogP) is 0.703. The molecule has 0 aliphatic carbocycles. The summed E-state index contributed by atoms with van der Waals surface area (Å²) in [6, 6.07) is 1.43. The number of thiazole rings is 1. The number of hydrogen-bond donors (Lipinski definition) is 1. The Morgan fingerprint density at radius 1 is 1.43 bits per heavy atom. The van der Waals surface area contributed by atoms with Gasteiger partial charge in [0.2, 0.25) is 10.0 Å². The molecule has 0 saturated carbocycles. The van der Waals surface area contributed by atoms with Gasteiger partial charge >= 0.3 is 0 Å². The molecule has 0 spiro atoms. The van der Waals surface area contributed by atoms with E-state index in [4.69, 9.17) is 5.11 Å². The van der Waals surface area contributed by atoms with Crippen LogP contribution in [0.1, 0.15) is 11.3 Å². The number of aliphatic hydroxyl groups is 1. The highest BCUT2D eigenvalue weighted by atomic mass is 32.2. The lowest BCUT2D eigenvalue weighted by atomic mass is 10.3. The fourth-order valence-electron chi connectivity index (χ4n) is 1.58. The molecule has 0 aliphatic rings. The van der Waals surface area contributed by atoms with E-state index < -0.39 is 10.0 Å². The average Bonchev–Trinajstić information content (AvgIpc) is 2.98. The zero-order valence-electron chi connectivity index (χ0n) is 11.2. The number of aliphatic hydroxyl groups excluding tert-OH is 1. The molecule has 2 aromatic heterocycles. The first-order chi connectivity index (χ1) is 10.0. The van der Waals surface area contributed by atoms with E-state index in [0.29, 0.717) is 11.3 Å². The predicted molar refractivity (Wildman–Crippen MR) is 79.0 cm³/mol. The molecule has 0 fully saturated rings. The van der Waals surface area contributed by atoms with Crippen molar-refractivity contribution in [1.29, 1.82) is 0 Å². The van der Waals surface area contributed by atoms with Crippen molar-refractivity contribution in [3.05, 3.63) is 40.6 Å². The number of aromatic nitrogens is 2. The first-order valence-corrected chi connectivity index (χ1v) is 8.30. The summed E-state index contributed by atoms with van der Waals surface area (Å²) in [6.45, 7) is -0.0981. The summed E-state index contributed by atoms with van der Waals surface area (Å²) in [5, 5.41) is 10.5. The average molecular weight is 323 g/mol. The largest absolute Gasteiger partial charge is 0.384 e. The minimum absolute atomic E-state index is 0.0602. The molecule has 0 atom stereocenters. The number of nitrogens with zero attached hydrogens (tertiary/aromatic N) is 3. The van der Waals surface area contributed by atoms with Gasteiger partial charge in [0.05, 0.1) is 17.7 Å². The second-order valence-electron chi connectivity index (χ2n) is 4.11. The molecule has 21 heavy (non-hydrogen) atoms. The second kappa shape index (κ2) is 6.78. The van der Waals surface area contributed by atoms with E-state index in [1.165, 1.54) is 41.1 Å². The van der Waals surface area contributed by atoms with E-state index in [-0.39, 0.29) is 18.0 Å². The molecule has 0 radical (unpaired) electrons. The van der Waals surface area contributed by atoms with E-state index in [1.54, 1.807) is 10.9 Å². The molecule has 0 unspecified atom stereocenters. The third-order valence-electron chi connectivity index (χ3n) is 2.60. The van der Waals surface area contributed by atoms with Crippen LogP contribution in [0.4, 0.5) is 0 Å². The molecule has 6 nitrogen and oxygen atoms in total. The number of rotatable bonds is 4. The van der Waals surface area contributed by atoms with Crippen LogP contribution in [0.5, 0.6) is 0 Å². The lowest BCUT2D eigenvalue weighted by Gasteiger charge is -2.15. The molecule has 0 aromatic carbocycles. The van der Waals surface area contributed by atoms with E-state index in [1.807, 2.05) is 0 Å². The van der Waals surface area contributed by atoms with Gasteiger partial charge in [-0.25, -0.2) is 13.4 Å². The highest BCUT2D eigenvalue weighted by Crippen LogP contribution is 2.16. The van der Waals surface area contributed by atoms with Crippen molar-refractivity contribution in [3.8, 4) is 11.8 Å². The Morgan fingerprint density at radius 3 is 2.90 bits per heavy atom. The molecule has 2 rings (SSSR count). The quantitative estimate of drug-likeness (QED) is 0.838. The Morgan fingerprint density at radius 2 is 2.24 bits per heavy atom. The molecule has 0 aliphatic heterocycles. The Kier molecular flexibility index (Phi) is 5.03. The molecular weight excluding hydrogens is 310 g/mol. The second-order valence-corrected chi connectivity index (χ2v) is 6.87. The highest BCUT2D eigenvalue weighted by molar-refractivity contribution is 7.89. The van der Waals surface area contributed by atoms with Crippen molar-refractivity contribution in [3.63, 3.8) is 0 Å². The van der Waals surface area contributed by atoms with Crippen LogP contribution in [0.15, 0.2) is 34.2 Å². The van der Waals surface area contributed by atoms with Crippen LogP contribution in [0.3, 0.4) is 0 Å². The zero-order valence-corrected chi connectivity index (χ0v) is 12.9. The Labute approximate surface area is 127 Å². The lowest BCUT2D eigenvalue weighted by molar-refractivity contribution is 0.350. The smallest absolute Gasteiger partial charge is 0.244 e. The summed E-state index contributed by atoms with van der Waals surface area (Å²) in [7, 11) is -2.17. The Hall–Kier alpha value is -1.79. The van der Waals surface area contributed by atoms with Crippen molar-refractivity contribution in [2.45, 2.75) is 11.4 Å². The van der Waals surface area contributed by atoms with Gasteiger partial charge in [0.1, 0.15) is 11.5 Å². The van der Waals surface area contributed by atoms with Crippen LogP contribution in [0.2, 0.25) is 0 Å². The van der Waals surface area contributed by atoms with Gasteiger partial charge in [-0.15, -0.1) is 11.3 Å². The molecule has 0 amide bonds. The van der Waals surface area contributed by atoms with Gasteiger partial charge in [-0.1, -0.05) is 11.8 Å². The Bertz CT molecular complexity index is 761. The van der Waals surface area contributed by atoms with Gasteiger partial charge in [-0.3, -0.25) is 4.98 Å². The fourth-order valence-corrected chi connectivity index (χ4v) is 3.26. The van der Waals surface area contributed by atoms with Crippen LogP contribution in [0.25, 0.3) is 0 Å². The maximum absolute atomic E-state index is 12.4. The summed E-state index contributed by atoms with van der Waals surface area (Å²) in [5.74, 6) is 5.09. The summed E-state index contributed by atoms with van der Waals surface area (Å²) >= 11 is 1.41. The minimum atomic E-state index is -3.66. The lowest BCUT2D eigenvalue weighted by Crippen LogP contribution is -2.26. The van der Waals surface area contributed by atoms with Gasteiger partial charge in [0.25, 0.3) is 0 Å². The SMILES string of the molecule is CN(Cc1cscn1)S(=O)(=O)c1cncc(C#CCO)c1. The van der Waals surface area contributed by atoms with Crippen molar-refractivity contribution in [1.82, 2.24) is 14.3 Å². The summed E-state index contributed by atoms with van der Waals surface area (Å²) in [5.41, 5.74) is 2.78.